The predicted octanol–water partition coefficient (Wildman–Crippen LogP) is 3.78. The minimum atomic E-state index is -0.356. The maximum Gasteiger partial charge on any atom is 0.326 e. The molecule has 2 heterocycles. The highest BCUT2D eigenvalue weighted by atomic mass is 32.2. The van der Waals surface area contributed by atoms with Crippen LogP contribution in [0.4, 0.5) is 14.9 Å². The third-order valence-electron chi connectivity index (χ3n) is 3.68. The van der Waals surface area contributed by atoms with Gasteiger partial charge in [-0.3, -0.25) is 15.4 Å². The first-order valence-electron chi connectivity index (χ1n) is 8.06. The fourth-order valence-corrected chi connectivity index (χ4v) is 4.72. The van der Waals surface area contributed by atoms with Gasteiger partial charge in [0, 0.05) is 6.04 Å². The molecule has 3 N–H and O–H groups in total. The SMILES string of the molecule is O=C(CSc1nnc(NC(=O)Nc2cccs2)s1)NC1CCCCC1. The van der Waals surface area contributed by atoms with Gasteiger partial charge in [-0.1, -0.05) is 42.4 Å². The van der Waals surface area contributed by atoms with Crippen LogP contribution in [-0.4, -0.2) is 33.9 Å². The number of nitrogens with one attached hydrogen (secondary N) is 3. The summed E-state index contributed by atoms with van der Waals surface area (Å²) in [6.45, 7) is 0. The Bertz CT molecular complexity index is 698. The summed E-state index contributed by atoms with van der Waals surface area (Å²) < 4.78 is 0.658. The van der Waals surface area contributed by atoms with Crippen LogP contribution >= 0.6 is 34.4 Å². The largest absolute Gasteiger partial charge is 0.353 e. The maximum atomic E-state index is 12.0. The highest BCUT2D eigenvalue weighted by Gasteiger charge is 2.16. The normalized spacial score (nSPS) is 14.9. The number of anilines is 2. The lowest BCUT2D eigenvalue weighted by Gasteiger charge is -2.22. The topological polar surface area (TPSA) is 96.0 Å². The number of carbonyl (C=O) groups excluding carboxylic acids is 2. The van der Waals surface area contributed by atoms with Crippen molar-refractivity contribution in [2.24, 2.45) is 0 Å². The fraction of sp³-hybridized carbons (Fsp3) is 0.467. The van der Waals surface area contributed by atoms with Crippen molar-refractivity contribution in [1.29, 1.82) is 0 Å². The van der Waals surface area contributed by atoms with E-state index in [0.717, 1.165) is 17.8 Å². The molecule has 0 aromatic carbocycles. The molecule has 2 aromatic rings. The number of thiophene rings is 1. The molecule has 10 heteroatoms. The van der Waals surface area contributed by atoms with Gasteiger partial charge in [-0.2, -0.15) is 0 Å². The number of rotatable bonds is 6. The Hall–Kier alpha value is -1.65. The number of hydrogen-bond acceptors (Lipinski definition) is 7. The third-order valence-corrected chi connectivity index (χ3v) is 6.44. The number of thioether (sulfide) groups is 1. The fourth-order valence-electron chi connectivity index (χ4n) is 2.55. The first kappa shape index (κ1) is 18.2. The molecule has 25 heavy (non-hydrogen) atoms. The van der Waals surface area contributed by atoms with Crippen LogP contribution in [-0.2, 0) is 4.79 Å². The quantitative estimate of drug-likeness (QED) is 0.509. The Morgan fingerprint density at radius 3 is 2.80 bits per heavy atom. The van der Waals surface area contributed by atoms with E-state index >= 15 is 0 Å². The smallest absolute Gasteiger partial charge is 0.326 e. The third kappa shape index (κ3) is 5.98. The van der Waals surface area contributed by atoms with Crippen molar-refractivity contribution in [1.82, 2.24) is 15.5 Å². The van der Waals surface area contributed by atoms with Gasteiger partial charge in [0.1, 0.15) is 0 Å². The van der Waals surface area contributed by atoms with Crippen molar-refractivity contribution in [2.75, 3.05) is 16.4 Å². The van der Waals surface area contributed by atoms with Gasteiger partial charge in [0.2, 0.25) is 11.0 Å². The van der Waals surface area contributed by atoms with E-state index < -0.39 is 0 Å². The number of nitrogens with zero attached hydrogens (tertiary/aromatic N) is 2. The summed E-state index contributed by atoms with van der Waals surface area (Å²) in [7, 11) is 0. The Kier molecular flexibility index (Phi) is 6.65. The number of amides is 3. The van der Waals surface area contributed by atoms with E-state index in [-0.39, 0.29) is 11.9 Å². The zero-order chi connectivity index (χ0) is 17.5. The lowest BCUT2D eigenvalue weighted by Crippen LogP contribution is -2.37. The monoisotopic (exact) mass is 397 g/mol. The summed E-state index contributed by atoms with van der Waals surface area (Å²) in [5.74, 6) is 0.337. The molecule has 2 aromatic heterocycles. The van der Waals surface area contributed by atoms with Crippen LogP contribution in [0.2, 0.25) is 0 Å². The van der Waals surface area contributed by atoms with Crippen molar-refractivity contribution >= 4 is 56.5 Å². The highest BCUT2D eigenvalue weighted by molar-refractivity contribution is 8.01. The van der Waals surface area contributed by atoms with Crippen LogP contribution < -0.4 is 16.0 Å². The van der Waals surface area contributed by atoms with Gasteiger partial charge in [0.05, 0.1) is 10.8 Å². The molecule has 134 valence electrons. The van der Waals surface area contributed by atoms with Gasteiger partial charge in [-0.15, -0.1) is 21.5 Å². The molecule has 1 fully saturated rings. The number of aromatic nitrogens is 2. The van der Waals surface area contributed by atoms with Crippen LogP contribution in [0.5, 0.6) is 0 Å². The van der Waals surface area contributed by atoms with E-state index in [0.29, 0.717) is 21.3 Å². The van der Waals surface area contributed by atoms with Crippen LogP contribution in [0.25, 0.3) is 0 Å². The Balaban J connectivity index is 1.40. The molecule has 0 saturated heterocycles. The predicted molar refractivity (Wildman–Crippen MR) is 103 cm³/mol. The lowest BCUT2D eigenvalue weighted by atomic mass is 9.95. The molecule has 3 rings (SSSR count). The molecule has 0 atom stereocenters. The average molecular weight is 398 g/mol. The molecule has 1 aliphatic rings. The second-order valence-corrected chi connectivity index (χ2v) is 8.77. The molecule has 7 nitrogen and oxygen atoms in total. The summed E-state index contributed by atoms with van der Waals surface area (Å²) in [5.41, 5.74) is 0. The van der Waals surface area contributed by atoms with Crippen LogP contribution in [0.3, 0.4) is 0 Å². The van der Waals surface area contributed by atoms with E-state index in [4.69, 9.17) is 0 Å². The van der Waals surface area contributed by atoms with Crippen molar-refractivity contribution in [3.63, 3.8) is 0 Å². The van der Waals surface area contributed by atoms with E-state index in [1.165, 1.54) is 53.7 Å². The second-order valence-electron chi connectivity index (χ2n) is 5.62. The van der Waals surface area contributed by atoms with Crippen molar-refractivity contribution in [3.05, 3.63) is 17.5 Å². The van der Waals surface area contributed by atoms with Gasteiger partial charge >= 0.3 is 6.03 Å². The molecule has 0 radical (unpaired) electrons. The molecular formula is C15H19N5O2S3. The van der Waals surface area contributed by atoms with Crippen LogP contribution in [0.15, 0.2) is 21.9 Å². The average Bonchev–Trinajstić information content (AvgIpc) is 3.26. The molecule has 0 aliphatic heterocycles. The van der Waals surface area contributed by atoms with E-state index in [2.05, 4.69) is 26.1 Å². The lowest BCUT2D eigenvalue weighted by molar-refractivity contribution is -0.119. The van der Waals surface area contributed by atoms with E-state index in [1.807, 2.05) is 17.5 Å². The first-order chi connectivity index (χ1) is 12.2. The van der Waals surface area contributed by atoms with E-state index in [9.17, 15) is 9.59 Å². The van der Waals surface area contributed by atoms with Crippen molar-refractivity contribution in [2.45, 2.75) is 42.5 Å². The zero-order valence-corrected chi connectivity index (χ0v) is 15.9. The number of hydrogen-bond donors (Lipinski definition) is 3. The van der Waals surface area contributed by atoms with Crippen LogP contribution in [0, 0.1) is 0 Å². The van der Waals surface area contributed by atoms with E-state index in [1.54, 1.807) is 0 Å². The highest BCUT2D eigenvalue weighted by Crippen LogP contribution is 2.26. The summed E-state index contributed by atoms with van der Waals surface area (Å²) in [4.78, 5) is 23.8. The summed E-state index contributed by atoms with van der Waals surface area (Å²) in [5, 5.41) is 19.4. The second kappa shape index (κ2) is 9.16. The minimum absolute atomic E-state index is 0.0250. The first-order valence-corrected chi connectivity index (χ1v) is 10.7. The standard InChI is InChI=1S/C15H19N5O2S3/c21-11(16-10-5-2-1-3-6-10)9-24-15-20-19-14(25-15)18-13(22)17-12-7-4-8-23-12/h4,7-8,10H,1-3,5-6,9H2,(H,16,21)(H2,17,18,19,22). The molecule has 0 spiro atoms. The minimum Gasteiger partial charge on any atom is -0.353 e. The molecule has 3 amide bonds. The Labute approximate surface area is 158 Å². The van der Waals surface area contributed by atoms with Crippen molar-refractivity contribution in [3.8, 4) is 0 Å². The van der Waals surface area contributed by atoms with Crippen molar-refractivity contribution < 1.29 is 9.59 Å². The molecular weight excluding hydrogens is 378 g/mol. The van der Waals surface area contributed by atoms with Gasteiger partial charge in [0.15, 0.2) is 4.34 Å². The summed E-state index contributed by atoms with van der Waals surface area (Å²) in [6.07, 6.45) is 5.79. The zero-order valence-electron chi connectivity index (χ0n) is 13.5. The maximum absolute atomic E-state index is 12.0. The van der Waals surface area contributed by atoms with Gasteiger partial charge < -0.3 is 5.32 Å². The van der Waals surface area contributed by atoms with Gasteiger partial charge in [-0.25, -0.2) is 4.79 Å². The summed E-state index contributed by atoms with van der Waals surface area (Å²) in [6, 6.07) is 3.63. The number of carbonyl (C=O) groups is 2. The van der Waals surface area contributed by atoms with Gasteiger partial charge in [-0.05, 0) is 30.4 Å². The molecule has 0 bridgehead atoms. The Morgan fingerprint density at radius 1 is 1.20 bits per heavy atom. The number of urea groups is 1. The molecule has 0 unspecified atom stereocenters. The Morgan fingerprint density at radius 2 is 2.04 bits per heavy atom. The van der Waals surface area contributed by atoms with Gasteiger partial charge in [0.25, 0.3) is 0 Å². The summed E-state index contributed by atoms with van der Waals surface area (Å²) >= 11 is 4.03. The van der Waals surface area contributed by atoms with Crippen LogP contribution in [0.1, 0.15) is 32.1 Å². The molecule has 1 aliphatic carbocycles. The molecule has 1 saturated carbocycles.